The number of hydrogen-bond acceptors (Lipinski definition) is 6. The molecule has 1 fully saturated rings. The van der Waals surface area contributed by atoms with Crippen molar-refractivity contribution in [1.82, 2.24) is 14.5 Å². The Morgan fingerprint density at radius 3 is 2.79 bits per heavy atom. The van der Waals surface area contributed by atoms with Crippen molar-refractivity contribution in [1.29, 1.82) is 0 Å². The van der Waals surface area contributed by atoms with E-state index in [9.17, 15) is 10.2 Å². The summed E-state index contributed by atoms with van der Waals surface area (Å²) in [5, 5.41) is 29.7. The van der Waals surface area contributed by atoms with Gasteiger partial charge in [0, 0.05) is 11.6 Å². The molecule has 2 aromatic heterocycles. The van der Waals surface area contributed by atoms with Gasteiger partial charge in [0.1, 0.15) is 30.3 Å². The molecule has 3 rings (SSSR count). The van der Waals surface area contributed by atoms with Crippen LogP contribution in [0.15, 0.2) is 18.6 Å². The fourth-order valence-electron chi connectivity index (χ4n) is 2.41. The van der Waals surface area contributed by atoms with E-state index >= 15 is 0 Å². The summed E-state index contributed by atoms with van der Waals surface area (Å²) in [6.45, 7) is 1.52. The SMILES string of the molecule is Cc1ncnc2c1ccn2[C@@H]1O[C@@H](CO)[C@@H](O)[C@H]1O. The number of aliphatic hydroxyl groups excluding tert-OH is 3. The van der Waals surface area contributed by atoms with E-state index in [1.807, 2.05) is 13.0 Å². The van der Waals surface area contributed by atoms with Crippen LogP contribution < -0.4 is 0 Å². The Labute approximate surface area is 109 Å². The van der Waals surface area contributed by atoms with Crippen molar-refractivity contribution < 1.29 is 20.1 Å². The number of nitrogens with zero attached hydrogens (tertiary/aromatic N) is 3. The van der Waals surface area contributed by atoms with Crippen LogP contribution in [0, 0.1) is 6.92 Å². The van der Waals surface area contributed by atoms with E-state index in [2.05, 4.69) is 9.97 Å². The van der Waals surface area contributed by atoms with Crippen molar-refractivity contribution in [3.8, 4) is 0 Å². The fraction of sp³-hybridized carbons (Fsp3) is 0.500. The molecule has 4 atom stereocenters. The standard InChI is InChI=1S/C12H15N3O4/c1-6-7-2-3-15(11(7)14-5-13-6)12-10(18)9(17)8(4-16)19-12/h2-3,5,8-10,12,16-18H,4H2,1H3/t8-,9+,10+,12+/m0/s1. The average Bonchev–Trinajstić information content (AvgIpc) is 2.94. The summed E-state index contributed by atoms with van der Waals surface area (Å²) in [5.74, 6) is 0. The van der Waals surface area contributed by atoms with Crippen molar-refractivity contribution in [2.45, 2.75) is 31.5 Å². The maximum atomic E-state index is 10.0. The Morgan fingerprint density at radius 2 is 2.11 bits per heavy atom. The summed E-state index contributed by atoms with van der Waals surface area (Å²) in [6.07, 6.45) is -0.611. The third-order valence-electron chi connectivity index (χ3n) is 3.50. The highest BCUT2D eigenvalue weighted by molar-refractivity contribution is 5.78. The Balaban J connectivity index is 2.04. The van der Waals surface area contributed by atoms with E-state index in [1.54, 1.807) is 10.8 Å². The zero-order chi connectivity index (χ0) is 13.6. The van der Waals surface area contributed by atoms with Crippen LogP contribution in [0.1, 0.15) is 11.9 Å². The van der Waals surface area contributed by atoms with Gasteiger partial charge in [0.25, 0.3) is 0 Å². The lowest BCUT2D eigenvalue weighted by Crippen LogP contribution is -2.33. The molecule has 0 spiro atoms. The van der Waals surface area contributed by atoms with Crippen LogP contribution in [0.3, 0.4) is 0 Å². The lowest BCUT2D eigenvalue weighted by atomic mass is 10.1. The number of aryl methyl sites for hydroxylation is 1. The fourth-order valence-corrected chi connectivity index (χ4v) is 2.41. The van der Waals surface area contributed by atoms with Crippen LogP contribution >= 0.6 is 0 Å². The maximum absolute atomic E-state index is 10.0. The number of hydrogen-bond donors (Lipinski definition) is 3. The third-order valence-corrected chi connectivity index (χ3v) is 3.50. The van der Waals surface area contributed by atoms with Crippen molar-refractivity contribution in [2.75, 3.05) is 6.61 Å². The van der Waals surface area contributed by atoms with E-state index in [4.69, 9.17) is 9.84 Å². The van der Waals surface area contributed by atoms with E-state index in [-0.39, 0.29) is 6.61 Å². The van der Waals surface area contributed by atoms with Crippen molar-refractivity contribution >= 4 is 11.0 Å². The minimum Gasteiger partial charge on any atom is -0.394 e. The number of ether oxygens (including phenoxy) is 1. The molecule has 0 amide bonds. The molecule has 1 saturated heterocycles. The third kappa shape index (κ3) is 1.82. The number of aliphatic hydroxyl groups is 3. The van der Waals surface area contributed by atoms with Crippen molar-refractivity contribution in [2.24, 2.45) is 0 Å². The smallest absolute Gasteiger partial charge is 0.164 e. The predicted octanol–water partition coefficient (Wildman–Crippen LogP) is -0.649. The largest absolute Gasteiger partial charge is 0.394 e. The molecule has 0 aliphatic carbocycles. The van der Waals surface area contributed by atoms with Gasteiger partial charge in [-0.05, 0) is 13.0 Å². The molecule has 1 aliphatic heterocycles. The van der Waals surface area contributed by atoms with E-state index in [0.29, 0.717) is 5.65 Å². The summed E-state index contributed by atoms with van der Waals surface area (Å²) >= 11 is 0. The Bertz CT molecular complexity index is 600. The maximum Gasteiger partial charge on any atom is 0.164 e. The van der Waals surface area contributed by atoms with Gasteiger partial charge < -0.3 is 24.6 Å². The Kier molecular flexibility index (Phi) is 2.98. The molecule has 0 aromatic carbocycles. The summed E-state index contributed by atoms with van der Waals surface area (Å²) in [4.78, 5) is 8.27. The average molecular weight is 265 g/mol. The Hall–Kier alpha value is -1.54. The van der Waals surface area contributed by atoms with Gasteiger partial charge in [0.05, 0.1) is 12.3 Å². The van der Waals surface area contributed by atoms with Gasteiger partial charge in [-0.2, -0.15) is 0 Å². The normalized spacial score (nSPS) is 31.2. The summed E-state index contributed by atoms with van der Waals surface area (Å²) in [7, 11) is 0. The van der Waals surface area contributed by atoms with Gasteiger partial charge in [0.15, 0.2) is 6.23 Å². The van der Waals surface area contributed by atoms with Crippen molar-refractivity contribution in [3.63, 3.8) is 0 Å². The van der Waals surface area contributed by atoms with Crippen LogP contribution in [-0.4, -0.2) is 54.8 Å². The quantitative estimate of drug-likeness (QED) is 0.667. The molecule has 3 heterocycles. The van der Waals surface area contributed by atoms with Gasteiger partial charge in [-0.1, -0.05) is 0 Å². The van der Waals surface area contributed by atoms with Gasteiger partial charge in [-0.15, -0.1) is 0 Å². The highest BCUT2D eigenvalue weighted by Crippen LogP contribution is 2.32. The monoisotopic (exact) mass is 265 g/mol. The van der Waals surface area contributed by atoms with Gasteiger partial charge >= 0.3 is 0 Å². The highest BCUT2D eigenvalue weighted by atomic mass is 16.6. The lowest BCUT2D eigenvalue weighted by molar-refractivity contribution is -0.0508. The molecular weight excluding hydrogens is 250 g/mol. The van der Waals surface area contributed by atoms with Crippen LogP contribution in [0.5, 0.6) is 0 Å². The first-order chi connectivity index (χ1) is 9.13. The van der Waals surface area contributed by atoms with Gasteiger partial charge in [-0.25, -0.2) is 9.97 Å². The van der Waals surface area contributed by atoms with E-state index in [0.717, 1.165) is 11.1 Å². The van der Waals surface area contributed by atoms with Crippen LogP contribution in [0.4, 0.5) is 0 Å². The topological polar surface area (TPSA) is 101 Å². The molecule has 7 nitrogen and oxygen atoms in total. The molecule has 7 heteroatoms. The van der Waals surface area contributed by atoms with E-state index in [1.165, 1.54) is 6.33 Å². The van der Waals surface area contributed by atoms with Gasteiger partial charge in [0.2, 0.25) is 0 Å². The minimum absolute atomic E-state index is 0.345. The second-order valence-electron chi connectivity index (χ2n) is 4.65. The molecule has 0 unspecified atom stereocenters. The van der Waals surface area contributed by atoms with Gasteiger partial charge in [-0.3, -0.25) is 0 Å². The molecule has 0 saturated carbocycles. The first-order valence-corrected chi connectivity index (χ1v) is 6.04. The molecule has 2 aromatic rings. The van der Waals surface area contributed by atoms with Crippen molar-refractivity contribution in [3.05, 3.63) is 24.3 Å². The first-order valence-electron chi connectivity index (χ1n) is 6.04. The Morgan fingerprint density at radius 1 is 1.32 bits per heavy atom. The second-order valence-corrected chi connectivity index (χ2v) is 4.65. The van der Waals surface area contributed by atoms with Crippen LogP contribution in [0.25, 0.3) is 11.0 Å². The second kappa shape index (κ2) is 4.53. The van der Waals surface area contributed by atoms with Crippen LogP contribution in [0.2, 0.25) is 0 Å². The first kappa shape index (κ1) is 12.5. The molecule has 3 N–H and O–H groups in total. The number of fused-ring (bicyclic) bond motifs is 1. The highest BCUT2D eigenvalue weighted by Gasteiger charge is 2.43. The minimum atomic E-state index is -1.12. The zero-order valence-electron chi connectivity index (χ0n) is 10.3. The molecule has 0 radical (unpaired) electrons. The molecule has 1 aliphatic rings. The summed E-state index contributed by atoms with van der Waals surface area (Å²) in [5.41, 5.74) is 1.46. The summed E-state index contributed by atoms with van der Waals surface area (Å²) in [6, 6.07) is 1.83. The zero-order valence-corrected chi connectivity index (χ0v) is 10.3. The number of rotatable bonds is 2. The number of aromatic nitrogens is 3. The van der Waals surface area contributed by atoms with Crippen LogP contribution in [-0.2, 0) is 4.74 Å². The van der Waals surface area contributed by atoms with E-state index < -0.39 is 24.5 Å². The predicted molar refractivity (Wildman–Crippen MR) is 65.3 cm³/mol. The molecular formula is C12H15N3O4. The lowest BCUT2D eigenvalue weighted by Gasteiger charge is -2.17. The molecule has 102 valence electrons. The molecule has 19 heavy (non-hydrogen) atoms. The summed E-state index contributed by atoms with van der Waals surface area (Å²) < 4.78 is 7.13. The molecule has 0 bridgehead atoms.